The Balaban J connectivity index is 0.000000808. The molecule has 2 rings (SSSR count). The number of aliphatic hydroxyl groups is 2. The molecule has 0 saturated heterocycles. The summed E-state index contributed by atoms with van der Waals surface area (Å²) in [6.07, 6.45) is 8.56. The van der Waals surface area contributed by atoms with Crippen LogP contribution < -0.4 is 16.4 Å². The van der Waals surface area contributed by atoms with Gasteiger partial charge in [-0.05, 0) is 73.3 Å². The SMILES string of the molecule is CC(CCCCNC(=O)CCN1C(=O)C=C[C@H]1O)C(=O)P=S.CC(CCCCNC(=O)CCN1C(=O)C=C[C@H]1O)C(N)=O.S=PP=S. The summed E-state index contributed by atoms with van der Waals surface area (Å²) in [5.74, 6) is -1.34. The normalized spacial score (nSPS) is 18.0. The molecule has 2 aliphatic heterocycles. The molecule has 2 aliphatic rings. The number of unbranched alkanes of at least 4 members (excludes halogenated alkanes) is 2. The molecule has 0 aromatic rings. The lowest BCUT2D eigenvalue weighted by Gasteiger charge is -2.19. The fourth-order valence-corrected chi connectivity index (χ4v) is 4.91. The fourth-order valence-electron chi connectivity index (χ4n) is 4.06. The molecule has 13 nitrogen and oxygen atoms in total. The number of hydrogen-bond donors (Lipinski definition) is 5. The third kappa shape index (κ3) is 20.8. The average molecular weight is 768 g/mol. The van der Waals surface area contributed by atoms with Crippen LogP contribution in [0.15, 0.2) is 24.3 Å². The van der Waals surface area contributed by atoms with Crippen molar-refractivity contribution >= 4 is 91.9 Å². The van der Waals surface area contributed by atoms with Crippen LogP contribution in [0.1, 0.15) is 65.2 Å². The van der Waals surface area contributed by atoms with Crippen LogP contribution in [0.5, 0.6) is 0 Å². The van der Waals surface area contributed by atoms with E-state index >= 15 is 0 Å². The lowest BCUT2D eigenvalue weighted by molar-refractivity contribution is -0.133. The van der Waals surface area contributed by atoms with E-state index in [0.717, 1.165) is 46.2 Å². The van der Waals surface area contributed by atoms with E-state index in [1.165, 1.54) is 34.1 Å². The Hall–Kier alpha value is -2.02. The van der Waals surface area contributed by atoms with Gasteiger partial charge in [-0.2, -0.15) is 0 Å². The number of nitrogens with zero attached hydrogens (tertiary/aromatic N) is 2. The van der Waals surface area contributed by atoms with Gasteiger partial charge in [-0.1, -0.05) is 26.7 Å². The molecule has 0 bridgehead atoms. The Morgan fingerprint density at radius 3 is 1.51 bits per heavy atom. The molecular weight excluding hydrogens is 723 g/mol. The summed E-state index contributed by atoms with van der Waals surface area (Å²) in [5.41, 5.74) is 5.23. The van der Waals surface area contributed by atoms with Crippen LogP contribution in [0.4, 0.5) is 0 Å². The van der Waals surface area contributed by atoms with Crippen LogP contribution in [0, 0.1) is 11.8 Å². The number of hydrogen-bond acceptors (Lipinski definition) is 11. The van der Waals surface area contributed by atoms with Gasteiger partial charge in [-0.15, -0.1) is 0 Å². The van der Waals surface area contributed by atoms with Gasteiger partial charge in [0.05, 0.1) is 7.36 Å². The van der Waals surface area contributed by atoms with E-state index in [0.29, 0.717) is 26.9 Å². The lowest BCUT2D eigenvalue weighted by atomic mass is 10.0. The highest BCUT2D eigenvalue weighted by molar-refractivity contribution is 8.40. The number of amides is 5. The second-order valence-corrected chi connectivity index (χ2v) is 16.0. The van der Waals surface area contributed by atoms with E-state index in [1.54, 1.807) is 6.92 Å². The van der Waals surface area contributed by atoms with Gasteiger partial charge in [0.15, 0.2) is 5.52 Å². The molecule has 19 heteroatoms. The molecule has 0 fully saturated rings. The highest BCUT2D eigenvalue weighted by Gasteiger charge is 2.24. The zero-order chi connectivity index (χ0) is 35.8. The number of carbonyl (C=O) groups excluding carboxylic acids is 6. The number of rotatable bonds is 20. The van der Waals surface area contributed by atoms with Crippen molar-refractivity contribution in [1.29, 1.82) is 0 Å². The van der Waals surface area contributed by atoms with Gasteiger partial charge >= 0.3 is 0 Å². The summed E-state index contributed by atoms with van der Waals surface area (Å²) in [5, 5.41) is 24.5. The van der Waals surface area contributed by atoms with E-state index in [2.05, 4.69) is 34.2 Å². The predicted molar refractivity (Wildman–Crippen MR) is 192 cm³/mol. The Bertz CT molecular complexity index is 1160. The fraction of sp³-hybridized carbons (Fsp3) is 0.643. The van der Waals surface area contributed by atoms with Crippen LogP contribution in [-0.4, -0.2) is 93.7 Å². The van der Waals surface area contributed by atoms with Gasteiger partial charge in [-0.3, -0.25) is 28.8 Å². The number of carbonyl (C=O) groups is 6. The van der Waals surface area contributed by atoms with Crippen molar-refractivity contribution in [2.24, 2.45) is 17.6 Å². The third-order valence-corrected chi connectivity index (χ3v) is 10.8. The zero-order valence-corrected chi connectivity index (χ0v) is 31.6. The van der Waals surface area contributed by atoms with Gasteiger partial charge in [0.25, 0.3) is 0 Å². The maximum Gasteiger partial charge on any atom is 0.248 e. The molecule has 262 valence electrons. The van der Waals surface area contributed by atoms with E-state index in [9.17, 15) is 39.0 Å². The van der Waals surface area contributed by atoms with E-state index in [-0.39, 0.29) is 72.8 Å². The molecule has 0 saturated carbocycles. The Morgan fingerprint density at radius 2 is 1.19 bits per heavy atom. The van der Waals surface area contributed by atoms with Gasteiger partial charge in [-0.25, -0.2) is 0 Å². The molecule has 2 heterocycles. The van der Waals surface area contributed by atoms with Gasteiger partial charge in [0.1, 0.15) is 12.5 Å². The largest absolute Gasteiger partial charge is 0.370 e. The summed E-state index contributed by atoms with van der Waals surface area (Å²) in [6, 6.07) is 0. The highest BCUT2D eigenvalue weighted by atomic mass is 32.7. The molecule has 6 N–H and O–H groups in total. The number of nitrogens with one attached hydrogen (secondary N) is 2. The smallest absolute Gasteiger partial charge is 0.248 e. The summed E-state index contributed by atoms with van der Waals surface area (Å²) in [7, 11) is 2.12. The number of aliphatic hydroxyl groups excluding tert-OH is 2. The lowest BCUT2D eigenvalue weighted by Crippen LogP contribution is -2.37. The first-order valence-electron chi connectivity index (χ1n) is 15.0. The molecule has 2 unspecified atom stereocenters. The Morgan fingerprint density at radius 1 is 0.787 bits per heavy atom. The van der Waals surface area contributed by atoms with Gasteiger partial charge in [0.2, 0.25) is 29.5 Å². The van der Waals surface area contributed by atoms with Crippen LogP contribution in [0.3, 0.4) is 0 Å². The van der Waals surface area contributed by atoms with E-state index in [4.69, 9.17) is 17.5 Å². The summed E-state index contributed by atoms with van der Waals surface area (Å²) in [4.78, 5) is 70.5. The summed E-state index contributed by atoms with van der Waals surface area (Å²) < 4.78 is 0. The van der Waals surface area contributed by atoms with Crippen LogP contribution in [0.25, 0.3) is 0 Å². The molecule has 0 radical (unpaired) electrons. The highest BCUT2D eigenvalue weighted by Crippen LogP contribution is 2.15. The maximum atomic E-state index is 11.6. The number of nitrogens with two attached hydrogens (primary N) is 1. The quantitative estimate of drug-likeness (QED) is 0.0899. The monoisotopic (exact) mass is 767 g/mol. The predicted octanol–water partition coefficient (Wildman–Crippen LogP) is 2.17. The van der Waals surface area contributed by atoms with Crippen molar-refractivity contribution in [3.05, 3.63) is 24.3 Å². The molecule has 5 amide bonds. The molecule has 0 aromatic heterocycles. The first-order valence-corrected chi connectivity index (χ1v) is 21.4. The van der Waals surface area contributed by atoms with Gasteiger partial charge in [0, 0.05) is 77.1 Å². The molecule has 47 heavy (non-hydrogen) atoms. The summed E-state index contributed by atoms with van der Waals surface area (Å²) in [6.45, 7) is 5.11. The molecule has 0 aliphatic carbocycles. The van der Waals surface area contributed by atoms with E-state index in [1.807, 2.05) is 6.92 Å². The minimum Gasteiger partial charge on any atom is -0.370 e. The Kier molecular flexibility index (Phi) is 25.7. The first kappa shape index (κ1) is 45.0. The molecule has 0 aromatic carbocycles. The van der Waals surface area contributed by atoms with Crippen molar-refractivity contribution in [1.82, 2.24) is 20.4 Å². The topological polar surface area (TPSA) is 199 Å². The minimum atomic E-state index is -0.930. The molecule has 0 spiro atoms. The van der Waals surface area contributed by atoms with Crippen molar-refractivity contribution in [2.45, 2.75) is 77.7 Å². The Labute approximate surface area is 295 Å². The molecular formula is C28H44N5O8P3S3. The van der Waals surface area contributed by atoms with Crippen LogP contribution in [-0.2, 0) is 64.2 Å². The third-order valence-electron chi connectivity index (χ3n) is 6.99. The van der Waals surface area contributed by atoms with E-state index < -0.39 is 12.5 Å². The second kappa shape index (κ2) is 26.9. The first-order chi connectivity index (χ1) is 22.3. The minimum absolute atomic E-state index is 0.0231. The average Bonchev–Trinajstić information content (AvgIpc) is 3.55. The van der Waals surface area contributed by atoms with Crippen molar-refractivity contribution in [3.8, 4) is 0 Å². The van der Waals surface area contributed by atoms with Crippen LogP contribution >= 0.6 is 21.4 Å². The van der Waals surface area contributed by atoms with Crippen molar-refractivity contribution in [2.75, 3.05) is 26.2 Å². The van der Waals surface area contributed by atoms with Gasteiger partial charge < -0.3 is 36.4 Å². The number of primary amides is 1. The summed E-state index contributed by atoms with van der Waals surface area (Å²) >= 11 is 13.5. The van der Waals surface area contributed by atoms with Crippen molar-refractivity contribution < 1.29 is 39.0 Å². The zero-order valence-electron chi connectivity index (χ0n) is 26.5. The van der Waals surface area contributed by atoms with Crippen molar-refractivity contribution in [3.63, 3.8) is 0 Å². The second-order valence-electron chi connectivity index (χ2n) is 10.6. The van der Waals surface area contributed by atoms with Crippen LogP contribution in [0.2, 0.25) is 0 Å². The molecule has 4 atom stereocenters. The maximum absolute atomic E-state index is 11.6. The standard InChI is InChI=1S/C14H23N3O4.C14H21N2O4PS.P2S2/c1-10(14(15)21)4-2-3-8-16-11(18)7-9-17-12(19)5-6-13(17)20;1-10(14(20)21-22)4-2-3-8-15-11(17)7-9-16-12(18)5-6-13(16)19;3-1-2-4/h5-6,10,12,19H,2-4,7-9H2,1H3,(H2,15,21)(H,16,18);5-6,10,12,18H,2-4,7-9H2,1H3,(H,15,17);/t2*10?,12-;/m11./s1.